The Labute approximate surface area is 154 Å². The Morgan fingerprint density at radius 2 is 1.69 bits per heavy atom. The summed E-state index contributed by atoms with van der Waals surface area (Å²) in [5, 5.41) is 11.6. The van der Waals surface area contributed by atoms with Crippen molar-refractivity contribution in [3.63, 3.8) is 0 Å². The molecular formula is C19H27N3O4. The maximum absolute atomic E-state index is 12.6. The number of anilines is 1. The van der Waals surface area contributed by atoms with Gasteiger partial charge in [0.25, 0.3) is 5.91 Å². The van der Waals surface area contributed by atoms with E-state index in [1.807, 2.05) is 4.90 Å². The van der Waals surface area contributed by atoms with Crippen molar-refractivity contribution in [2.75, 3.05) is 32.0 Å². The largest absolute Gasteiger partial charge is 0.481 e. The second-order valence-electron chi connectivity index (χ2n) is 6.83. The quantitative estimate of drug-likeness (QED) is 0.844. The van der Waals surface area contributed by atoms with E-state index in [2.05, 4.69) is 5.32 Å². The van der Waals surface area contributed by atoms with Gasteiger partial charge in [-0.3, -0.25) is 9.59 Å². The number of likely N-dealkylation sites (tertiary alicyclic amines) is 1. The molecule has 2 rings (SSSR count). The second kappa shape index (κ2) is 9.22. The van der Waals surface area contributed by atoms with E-state index in [0.29, 0.717) is 11.3 Å². The van der Waals surface area contributed by atoms with Crippen LogP contribution in [0.3, 0.4) is 0 Å². The third-order valence-corrected chi connectivity index (χ3v) is 4.59. The molecule has 1 heterocycles. The molecule has 1 aliphatic rings. The van der Waals surface area contributed by atoms with E-state index in [4.69, 9.17) is 5.11 Å². The van der Waals surface area contributed by atoms with E-state index in [9.17, 15) is 14.4 Å². The van der Waals surface area contributed by atoms with E-state index >= 15 is 0 Å². The second-order valence-corrected chi connectivity index (χ2v) is 6.83. The molecule has 0 bridgehead atoms. The maximum Gasteiger partial charge on any atom is 0.321 e. The number of amides is 3. The van der Waals surface area contributed by atoms with Gasteiger partial charge in [0.05, 0.1) is 5.92 Å². The summed E-state index contributed by atoms with van der Waals surface area (Å²) in [5.41, 5.74) is 1.18. The Morgan fingerprint density at radius 3 is 2.23 bits per heavy atom. The van der Waals surface area contributed by atoms with Crippen molar-refractivity contribution in [1.29, 1.82) is 0 Å². The number of nitrogens with zero attached hydrogens (tertiary/aromatic N) is 2. The normalized spacial score (nSPS) is 15.7. The first-order chi connectivity index (χ1) is 12.4. The molecule has 0 aromatic heterocycles. The molecule has 1 unspecified atom stereocenters. The fourth-order valence-electron chi connectivity index (χ4n) is 2.94. The van der Waals surface area contributed by atoms with Gasteiger partial charge in [0.1, 0.15) is 0 Å². The third-order valence-electron chi connectivity index (χ3n) is 4.59. The van der Waals surface area contributed by atoms with Crippen molar-refractivity contribution >= 4 is 23.6 Å². The molecule has 142 valence electrons. The lowest BCUT2D eigenvalue weighted by Gasteiger charge is -2.21. The highest BCUT2D eigenvalue weighted by Crippen LogP contribution is 2.16. The number of carboxylic acid groups (broad SMARTS) is 1. The van der Waals surface area contributed by atoms with Crippen molar-refractivity contribution in [2.24, 2.45) is 5.92 Å². The van der Waals surface area contributed by atoms with Crippen LogP contribution in [0, 0.1) is 5.92 Å². The fraction of sp³-hybridized carbons (Fsp3) is 0.526. The zero-order valence-electron chi connectivity index (χ0n) is 15.4. The Kier molecular flexibility index (Phi) is 7.00. The first-order valence-electron chi connectivity index (χ1n) is 9.02. The first-order valence-corrected chi connectivity index (χ1v) is 9.02. The van der Waals surface area contributed by atoms with E-state index in [1.165, 1.54) is 17.7 Å². The van der Waals surface area contributed by atoms with Crippen molar-refractivity contribution in [3.05, 3.63) is 29.8 Å². The summed E-state index contributed by atoms with van der Waals surface area (Å²) in [6.45, 7) is 3.26. The van der Waals surface area contributed by atoms with E-state index in [-0.39, 0.29) is 18.5 Å². The highest BCUT2D eigenvalue weighted by atomic mass is 16.4. The van der Waals surface area contributed by atoms with Crippen LogP contribution < -0.4 is 5.32 Å². The zero-order chi connectivity index (χ0) is 19.1. The minimum Gasteiger partial charge on any atom is -0.481 e. The van der Waals surface area contributed by atoms with Crippen LogP contribution in [-0.4, -0.2) is 59.5 Å². The number of carbonyl (C=O) groups excluding carboxylic acids is 2. The summed E-state index contributed by atoms with van der Waals surface area (Å²) in [6, 6.07) is 6.42. The van der Waals surface area contributed by atoms with Gasteiger partial charge in [-0.05, 0) is 37.1 Å². The number of urea groups is 1. The van der Waals surface area contributed by atoms with Gasteiger partial charge >= 0.3 is 12.0 Å². The monoisotopic (exact) mass is 361 g/mol. The Morgan fingerprint density at radius 1 is 1.12 bits per heavy atom. The van der Waals surface area contributed by atoms with Gasteiger partial charge in [-0.15, -0.1) is 0 Å². The van der Waals surface area contributed by atoms with Gasteiger partial charge in [-0.2, -0.15) is 0 Å². The lowest BCUT2D eigenvalue weighted by atomic mass is 10.1. The van der Waals surface area contributed by atoms with Gasteiger partial charge in [0.15, 0.2) is 0 Å². The molecule has 1 saturated heterocycles. The molecule has 0 spiro atoms. The van der Waals surface area contributed by atoms with Gasteiger partial charge in [0, 0.05) is 37.9 Å². The SMILES string of the molecule is CC(CN(C)C(=O)Nc1ccc(C(=O)N2CCCCCC2)cc1)C(=O)O. The molecule has 0 aliphatic carbocycles. The van der Waals surface area contributed by atoms with Crippen LogP contribution in [0.25, 0.3) is 0 Å². The molecule has 1 aromatic carbocycles. The summed E-state index contributed by atoms with van der Waals surface area (Å²) in [5.74, 6) is -1.56. The predicted molar refractivity (Wildman–Crippen MR) is 99.3 cm³/mol. The topological polar surface area (TPSA) is 90.0 Å². The standard InChI is InChI=1S/C19H27N3O4/c1-14(18(24)25)13-21(2)19(26)20-16-9-7-15(8-10-16)17(23)22-11-5-3-4-6-12-22/h7-10,14H,3-6,11-13H2,1-2H3,(H,20,26)(H,24,25). The van der Waals surface area contributed by atoms with Crippen molar-refractivity contribution in [3.8, 4) is 0 Å². The van der Waals surface area contributed by atoms with E-state index in [0.717, 1.165) is 25.9 Å². The van der Waals surface area contributed by atoms with Crippen LogP contribution in [0.5, 0.6) is 0 Å². The Bertz CT molecular complexity index is 637. The molecule has 26 heavy (non-hydrogen) atoms. The summed E-state index contributed by atoms with van der Waals surface area (Å²) < 4.78 is 0. The average molecular weight is 361 g/mol. The minimum absolute atomic E-state index is 0.0252. The number of hydrogen-bond acceptors (Lipinski definition) is 3. The van der Waals surface area contributed by atoms with Crippen LogP contribution in [0.15, 0.2) is 24.3 Å². The number of nitrogens with one attached hydrogen (secondary N) is 1. The first kappa shape index (κ1) is 19.8. The summed E-state index contributed by atoms with van der Waals surface area (Å²) >= 11 is 0. The van der Waals surface area contributed by atoms with Crippen molar-refractivity contribution in [2.45, 2.75) is 32.6 Å². The maximum atomic E-state index is 12.6. The van der Waals surface area contributed by atoms with Crippen molar-refractivity contribution in [1.82, 2.24) is 9.80 Å². The average Bonchev–Trinajstić information content (AvgIpc) is 2.91. The number of aliphatic carboxylic acids is 1. The highest BCUT2D eigenvalue weighted by molar-refractivity contribution is 5.95. The third kappa shape index (κ3) is 5.47. The summed E-state index contributed by atoms with van der Waals surface area (Å²) in [6.07, 6.45) is 4.42. The molecule has 1 atom stereocenters. The Balaban J connectivity index is 1.93. The smallest absolute Gasteiger partial charge is 0.321 e. The molecule has 0 saturated carbocycles. The lowest BCUT2D eigenvalue weighted by Crippen LogP contribution is -2.36. The van der Waals surface area contributed by atoms with Crippen LogP contribution in [0.1, 0.15) is 43.0 Å². The number of carbonyl (C=O) groups is 3. The molecule has 7 heteroatoms. The summed E-state index contributed by atoms with van der Waals surface area (Å²) in [4.78, 5) is 38.8. The highest BCUT2D eigenvalue weighted by Gasteiger charge is 2.19. The Hall–Kier alpha value is -2.57. The minimum atomic E-state index is -0.943. The molecule has 7 nitrogen and oxygen atoms in total. The predicted octanol–water partition coefficient (Wildman–Crippen LogP) is 2.89. The van der Waals surface area contributed by atoms with Crippen molar-refractivity contribution < 1.29 is 19.5 Å². The van der Waals surface area contributed by atoms with Gasteiger partial charge in [-0.25, -0.2) is 4.79 Å². The fourth-order valence-corrected chi connectivity index (χ4v) is 2.94. The zero-order valence-corrected chi connectivity index (χ0v) is 15.4. The van der Waals surface area contributed by atoms with Crippen LogP contribution in [-0.2, 0) is 4.79 Å². The number of rotatable bonds is 5. The van der Waals surface area contributed by atoms with E-state index < -0.39 is 11.9 Å². The number of carboxylic acids is 1. The molecule has 1 aliphatic heterocycles. The van der Waals surface area contributed by atoms with Gasteiger partial charge < -0.3 is 20.2 Å². The van der Waals surface area contributed by atoms with Crippen LogP contribution in [0.2, 0.25) is 0 Å². The number of benzene rings is 1. The number of hydrogen-bond donors (Lipinski definition) is 2. The lowest BCUT2D eigenvalue weighted by molar-refractivity contribution is -0.141. The molecule has 1 fully saturated rings. The van der Waals surface area contributed by atoms with Crippen LogP contribution >= 0.6 is 0 Å². The summed E-state index contributed by atoms with van der Waals surface area (Å²) in [7, 11) is 1.55. The molecular weight excluding hydrogens is 334 g/mol. The van der Waals surface area contributed by atoms with Gasteiger partial charge in [-0.1, -0.05) is 19.8 Å². The van der Waals surface area contributed by atoms with Gasteiger partial charge in [0.2, 0.25) is 0 Å². The van der Waals surface area contributed by atoms with Crippen LogP contribution in [0.4, 0.5) is 10.5 Å². The molecule has 0 radical (unpaired) electrons. The van der Waals surface area contributed by atoms with E-state index in [1.54, 1.807) is 38.2 Å². The molecule has 3 amide bonds. The molecule has 1 aromatic rings. The molecule has 2 N–H and O–H groups in total.